The summed E-state index contributed by atoms with van der Waals surface area (Å²) in [6.45, 7) is 13.0. The van der Waals surface area contributed by atoms with Crippen LogP contribution in [0.15, 0.2) is 72.8 Å². The van der Waals surface area contributed by atoms with Gasteiger partial charge in [0.1, 0.15) is 23.5 Å². The molecule has 5 heteroatoms. The summed E-state index contributed by atoms with van der Waals surface area (Å²) in [7, 11) is 0. The smallest absolute Gasteiger partial charge is 0.270 e. The van der Waals surface area contributed by atoms with E-state index in [1.54, 1.807) is 0 Å². The molecule has 0 saturated carbocycles. The summed E-state index contributed by atoms with van der Waals surface area (Å²) >= 11 is 0. The van der Waals surface area contributed by atoms with Crippen LogP contribution in [0.25, 0.3) is 10.8 Å². The fraction of sp³-hybridized carbons (Fsp3) is 0.378. The van der Waals surface area contributed by atoms with Gasteiger partial charge in [0.15, 0.2) is 0 Å². The molecule has 1 heterocycles. The van der Waals surface area contributed by atoms with Crippen LogP contribution in [0.2, 0.25) is 0 Å². The number of nitrogens with one attached hydrogen (secondary N) is 1. The Morgan fingerprint density at radius 3 is 2.33 bits per heavy atom. The number of aryl methyl sites for hydroxylation is 1. The summed E-state index contributed by atoms with van der Waals surface area (Å²) in [4.78, 5) is 30.2. The highest BCUT2D eigenvalue weighted by Gasteiger charge is 2.19. The van der Waals surface area contributed by atoms with E-state index in [1.165, 1.54) is 5.56 Å². The number of nitrogens with zero attached hydrogens (tertiary/aromatic N) is 1. The van der Waals surface area contributed by atoms with Gasteiger partial charge < -0.3 is 14.8 Å². The fourth-order valence-electron chi connectivity index (χ4n) is 5.39. The maximum Gasteiger partial charge on any atom is 0.270 e. The molecule has 3 aromatic carbocycles. The molecule has 0 saturated heterocycles. The van der Waals surface area contributed by atoms with Gasteiger partial charge in [-0.15, -0.1) is 0 Å². The molecule has 0 bridgehead atoms. The largest absolute Gasteiger partial charge is 0.457 e. The number of aromatic nitrogens is 1. The molecule has 2 atom stereocenters. The first-order valence-electron chi connectivity index (χ1n) is 15.1. The Hall–Kier alpha value is -3.99. The SMILES string of the molecule is CCCC(CC)Cc1nc(C(=O)N[C@H](C=O)Cc2cccc(C)c2)cc2ccc(Oc3ccc(C(C)(C)C)cc3)cc12. The number of fused-ring (bicyclic) bond motifs is 1. The number of aldehydes is 1. The van der Waals surface area contributed by atoms with Crippen LogP contribution in [0.1, 0.15) is 86.8 Å². The van der Waals surface area contributed by atoms with Crippen LogP contribution in [0.4, 0.5) is 0 Å². The summed E-state index contributed by atoms with van der Waals surface area (Å²) in [5.74, 6) is 1.63. The van der Waals surface area contributed by atoms with Crippen molar-refractivity contribution in [1.82, 2.24) is 10.3 Å². The molecular formula is C37H44N2O3. The molecule has 1 unspecified atom stereocenters. The Balaban J connectivity index is 1.63. The topological polar surface area (TPSA) is 68.3 Å². The van der Waals surface area contributed by atoms with Gasteiger partial charge in [-0.2, -0.15) is 0 Å². The molecule has 0 radical (unpaired) electrons. The van der Waals surface area contributed by atoms with Crippen LogP contribution in [0, 0.1) is 12.8 Å². The third-order valence-electron chi connectivity index (χ3n) is 7.85. The van der Waals surface area contributed by atoms with Crippen molar-refractivity contribution < 1.29 is 14.3 Å². The molecule has 4 rings (SSSR count). The molecule has 0 spiro atoms. The van der Waals surface area contributed by atoms with Gasteiger partial charge >= 0.3 is 0 Å². The molecule has 42 heavy (non-hydrogen) atoms. The molecule has 1 aromatic heterocycles. The molecule has 1 N–H and O–H groups in total. The molecular weight excluding hydrogens is 520 g/mol. The van der Waals surface area contributed by atoms with Crippen molar-refractivity contribution >= 4 is 23.0 Å². The van der Waals surface area contributed by atoms with E-state index >= 15 is 0 Å². The van der Waals surface area contributed by atoms with Crippen LogP contribution >= 0.6 is 0 Å². The zero-order chi connectivity index (χ0) is 30.3. The Morgan fingerprint density at radius 2 is 1.69 bits per heavy atom. The third-order valence-corrected chi connectivity index (χ3v) is 7.85. The Morgan fingerprint density at radius 1 is 0.952 bits per heavy atom. The number of rotatable bonds is 12. The lowest BCUT2D eigenvalue weighted by molar-refractivity contribution is -0.109. The van der Waals surface area contributed by atoms with Gasteiger partial charge in [-0.1, -0.05) is 102 Å². The Bertz CT molecular complexity index is 1520. The lowest BCUT2D eigenvalue weighted by Gasteiger charge is -2.19. The van der Waals surface area contributed by atoms with Crippen molar-refractivity contribution in [3.8, 4) is 11.5 Å². The first-order valence-corrected chi connectivity index (χ1v) is 15.1. The van der Waals surface area contributed by atoms with Crippen LogP contribution in [-0.4, -0.2) is 23.2 Å². The second-order valence-electron chi connectivity index (χ2n) is 12.4. The minimum atomic E-state index is -0.635. The molecule has 0 aliphatic rings. The molecule has 220 valence electrons. The van der Waals surface area contributed by atoms with Gasteiger partial charge in [-0.25, -0.2) is 4.98 Å². The number of benzene rings is 3. The van der Waals surface area contributed by atoms with Crippen molar-refractivity contribution in [3.63, 3.8) is 0 Å². The molecule has 5 nitrogen and oxygen atoms in total. The van der Waals surface area contributed by atoms with E-state index in [-0.39, 0.29) is 11.3 Å². The maximum absolute atomic E-state index is 13.4. The van der Waals surface area contributed by atoms with E-state index in [1.807, 2.05) is 67.6 Å². The highest BCUT2D eigenvalue weighted by atomic mass is 16.5. The van der Waals surface area contributed by atoms with Crippen LogP contribution in [-0.2, 0) is 23.1 Å². The van der Waals surface area contributed by atoms with Gasteiger partial charge in [0.2, 0.25) is 0 Å². The van der Waals surface area contributed by atoms with Crippen molar-refractivity contribution in [3.05, 3.63) is 101 Å². The molecule has 0 aliphatic heterocycles. The average molecular weight is 565 g/mol. The normalized spacial score (nSPS) is 13.0. The van der Waals surface area contributed by atoms with Crippen molar-refractivity contribution in [2.24, 2.45) is 5.92 Å². The maximum atomic E-state index is 13.4. The van der Waals surface area contributed by atoms with E-state index in [4.69, 9.17) is 9.72 Å². The first kappa shape index (κ1) is 31.0. The number of hydrogen-bond donors (Lipinski definition) is 1. The van der Waals surface area contributed by atoms with Gasteiger partial charge in [-0.3, -0.25) is 4.79 Å². The Kier molecular flexibility index (Phi) is 10.2. The van der Waals surface area contributed by atoms with E-state index < -0.39 is 6.04 Å². The summed E-state index contributed by atoms with van der Waals surface area (Å²) in [6.07, 6.45) is 5.22. The first-order chi connectivity index (χ1) is 20.1. The van der Waals surface area contributed by atoms with E-state index in [0.29, 0.717) is 18.0 Å². The van der Waals surface area contributed by atoms with Crippen molar-refractivity contribution in [2.45, 2.75) is 85.1 Å². The van der Waals surface area contributed by atoms with E-state index in [2.05, 4.69) is 52.1 Å². The van der Waals surface area contributed by atoms with Crippen molar-refractivity contribution in [1.29, 1.82) is 0 Å². The predicted octanol–water partition coefficient (Wildman–Crippen LogP) is 8.54. The molecule has 1 amide bonds. The third kappa shape index (κ3) is 8.06. The minimum absolute atomic E-state index is 0.0761. The average Bonchev–Trinajstić information content (AvgIpc) is 2.96. The lowest BCUT2D eigenvalue weighted by Crippen LogP contribution is -2.38. The van der Waals surface area contributed by atoms with Crippen LogP contribution in [0.5, 0.6) is 11.5 Å². The van der Waals surface area contributed by atoms with E-state index in [0.717, 1.165) is 71.1 Å². The molecule has 0 aliphatic carbocycles. The summed E-state index contributed by atoms with van der Waals surface area (Å²) in [5.41, 5.74) is 4.66. The zero-order valence-electron chi connectivity index (χ0n) is 25.9. The summed E-state index contributed by atoms with van der Waals surface area (Å²) in [5, 5.41) is 4.81. The van der Waals surface area contributed by atoms with Crippen molar-refractivity contribution in [2.75, 3.05) is 0 Å². The standard InChI is InChI=1S/C37H44N2O3/c1-7-10-26(8-2)21-34-33-23-32(42-31-17-14-29(15-18-31)37(4,5)6)16-13-28(33)22-35(39-34)36(41)38-30(24-40)20-27-12-9-11-25(3)19-27/h9,11-19,22-24,26,30H,7-8,10,20-21H2,1-6H3,(H,38,41)/t26?,30-/m0/s1. The molecule has 4 aromatic rings. The number of ether oxygens (including phenoxy) is 1. The van der Waals surface area contributed by atoms with Crippen LogP contribution in [0.3, 0.4) is 0 Å². The molecule has 0 fully saturated rings. The highest BCUT2D eigenvalue weighted by Crippen LogP contribution is 2.31. The fourth-order valence-corrected chi connectivity index (χ4v) is 5.39. The number of amides is 1. The van der Waals surface area contributed by atoms with Gasteiger partial charge in [0.05, 0.1) is 6.04 Å². The second-order valence-corrected chi connectivity index (χ2v) is 12.4. The van der Waals surface area contributed by atoms with Gasteiger partial charge in [0, 0.05) is 11.1 Å². The monoisotopic (exact) mass is 564 g/mol. The highest BCUT2D eigenvalue weighted by molar-refractivity contribution is 5.98. The lowest BCUT2D eigenvalue weighted by atomic mass is 9.87. The minimum Gasteiger partial charge on any atom is -0.457 e. The second kappa shape index (κ2) is 13.8. The number of carbonyl (C=O) groups excluding carboxylic acids is 2. The number of carbonyl (C=O) groups is 2. The summed E-state index contributed by atoms with van der Waals surface area (Å²) < 4.78 is 6.25. The number of pyridine rings is 1. The quantitative estimate of drug-likeness (QED) is 0.175. The zero-order valence-corrected chi connectivity index (χ0v) is 25.9. The van der Waals surface area contributed by atoms with Crippen LogP contribution < -0.4 is 10.1 Å². The summed E-state index contributed by atoms with van der Waals surface area (Å²) in [6, 6.07) is 23.3. The Labute approximate surface area is 250 Å². The van der Waals surface area contributed by atoms with Gasteiger partial charge in [-0.05, 0) is 77.9 Å². The van der Waals surface area contributed by atoms with E-state index in [9.17, 15) is 9.59 Å². The van der Waals surface area contributed by atoms with Gasteiger partial charge in [0.25, 0.3) is 5.91 Å². The number of hydrogen-bond acceptors (Lipinski definition) is 4. The predicted molar refractivity (Wildman–Crippen MR) is 172 cm³/mol.